The molecular formula is C29H37N3O5. The number of hydrogen-bond acceptors (Lipinski definition) is 7. The van der Waals surface area contributed by atoms with Crippen LogP contribution in [0.3, 0.4) is 0 Å². The minimum atomic E-state index is -0.802. The molecule has 1 aliphatic heterocycles. The lowest BCUT2D eigenvalue weighted by molar-refractivity contribution is 0.0107. The summed E-state index contributed by atoms with van der Waals surface area (Å²) in [5.74, 6) is 1.41. The zero-order valence-corrected chi connectivity index (χ0v) is 22.4. The monoisotopic (exact) mass is 507 g/mol. The summed E-state index contributed by atoms with van der Waals surface area (Å²) in [7, 11) is 0. The lowest BCUT2D eigenvalue weighted by Crippen LogP contribution is -2.38. The van der Waals surface area contributed by atoms with Gasteiger partial charge >= 0.3 is 6.09 Å². The van der Waals surface area contributed by atoms with Gasteiger partial charge in [0.2, 0.25) is 5.82 Å². The number of carbonyl (C=O) groups is 1. The van der Waals surface area contributed by atoms with Crippen LogP contribution in [0.5, 0.6) is 5.75 Å². The molecule has 1 aliphatic rings. The van der Waals surface area contributed by atoms with E-state index in [2.05, 4.69) is 41.3 Å². The molecule has 0 radical (unpaired) electrons. The van der Waals surface area contributed by atoms with Crippen LogP contribution in [-0.4, -0.2) is 51.1 Å². The highest BCUT2D eigenvalue weighted by atomic mass is 16.6. The van der Waals surface area contributed by atoms with E-state index in [-0.39, 0.29) is 5.89 Å². The highest BCUT2D eigenvalue weighted by Crippen LogP contribution is 2.34. The molecule has 37 heavy (non-hydrogen) atoms. The molecule has 2 heterocycles. The first-order chi connectivity index (χ1) is 17.6. The van der Waals surface area contributed by atoms with Crippen LogP contribution >= 0.6 is 0 Å². The van der Waals surface area contributed by atoms with Gasteiger partial charge in [-0.05, 0) is 89.6 Å². The first-order valence-electron chi connectivity index (χ1n) is 12.9. The van der Waals surface area contributed by atoms with E-state index in [1.165, 1.54) is 16.0 Å². The standard InChI is InChI=1S/C29H37N3O5/c1-19-9-11-21(12-10-19)8-6-7-17-35-24-14-13-22(18-20(24)2)26-30-27(37-31-26)25-23(33)15-16-32(25)28(34)36-29(3,4)5/h9-14,18,23,25,33H,6-8,15-17H2,1-5H3/t23-,25-/m0/s1. The molecule has 0 unspecified atom stereocenters. The number of hydrogen-bond donors (Lipinski definition) is 1. The maximum Gasteiger partial charge on any atom is 0.411 e. The number of rotatable bonds is 8. The third-order valence-electron chi connectivity index (χ3n) is 6.36. The van der Waals surface area contributed by atoms with Gasteiger partial charge in [0, 0.05) is 12.1 Å². The Morgan fingerprint density at radius 3 is 2.59 bits per heavy atom. The van der Waals surface area contributed by atoms with Crippen molar-refractivity contribution < 1.29 is 23.9 Å². The Morgan fingerprint density at radius 1 is 1.14 bits per heavy atom. The van der Waals surface area contributed by atoms with E-state index >= 15 is 0 Å². The van der Waals surface area contributed by atoms with E-state index in [9.17, 15) is 9.90 Å². The molecule has 3 aromatic rings. The van der Waals surface area contributed by atoms with Crippen molar-refractivity contribution in [1.82, 2.24) is 15.0 Å². The lowest BCUT2D eigenvalue weighted by Gasteiger charge is -2.27. The fourth-order valence-electron chi connectivity index (χ4n) is 4.39. The van der Waals surface area contributed by atoms with Gasteiger partial charge in [-0.25, -0.2) is 4.79 Å². The molecule has 1 N–H and O–H groups in total. The minimum Gasteiger partial charge on any atom is -0.493 e. The number of benzene rings is 2. The summed E-state index contributed by atoms with van der Waals surface area (Å²) in [5.41, 5.74) is 3.73. The van der Waals surface area contributed by atoms with Gasteiger partial charge in [0.15, 0.2) is 0 Å². The second-order valence-electron chi connectivity index (χ2n) is 10.7. The Bertz CT molecular complexity index is 1200. The van der Waals surface area contributed by atoms with E-state index in [0.29, 0.717) is 25.4 Å². The second kappa shape index (κ2) is 11.3. The number of amides is 1. The zero-order valence-electron chi connectivity index (χ0n) is 22.4. The highest BCUT2D eigenvalue weighted by molar-refractivity contribution is 5.69. The summed E-state index contributed by atoms with van der Waals surface area (Å²) in [5, 5.41) is 14.6. The lowest BCUT2D eigenvalue weighted by atomic mass is 10.1. The number of ether oxygens (including phenoxy) is 2. The van der Waals surface area contributed by atoms with Crippen LogP contribution in [0.15, 0.2) is 47.0 Å². The van der Waals surface area contributed by atoms with Crippen molar-refractivity contribution in [2.75, 3.05) is 13.2 Å². The molecule has 0 bridgehead atoms. The largest absolute Gasteiger partial charge is 0.493 e. The highest BCUT2D eigenvalue weighted by Gasteiger charge is 2.42. The molecule has 2 aromatic carbocycles. The fourth-order valence-corrected chi connectivity index (χ4v) is 4.39. The third kappa shape index (κ3) is 6.89. The van der Waals surface area contributed by atoms with Gasteiger partial charge in [0.05, 0.1) is 12.7 Å². The molecule has 0 saturated carbocycles. The summed E-state index contributed by atoms with van der Waals surface area (Å²) in [6.45, 7) is 10.5. The number of aliphatic hydroxyl groups is 1. The Kier molecular flexibility index (Phi) is 8.17. The molecule has 0 aliphatic carbocycles. The number of aryl methyl sites for hydroxylation is 3. The van der Waals surface area contributed by atoms with Crippen molar-refractivity contribution in [3.8, 4) is 17.1 Å². The smallest absolute Gasteiger partial charge is 0.411 e. The average molecular weight is 508 g/mol. The number of nitrogens with zero attached hydrogens (tertiary/aromatic N) is 3. The molecular weight excluding hydrogens is 470 g/mol. The van der Waals surface area contributed by atoms with Gasteiger partial charge in [-0.3, -0.25) is 4.90 Å². The molecule has 8 heteroatoms. The number of aliphatic hydroxyl groups excluding tert-OH is 1. The molecule has 1 aromatic heterocycles. The Balaban J connectivity index is 1.35. The molecule has 2 atom stereocenters. The zero-order chi connectivity index (χ0) is 26.6. The van der Waals surface area contributed by atoms with E-state index in [0.717, 1.165) is 36.1 Å². The SMILES string of the molecule is Cc1ccc(CCCCOc2ccc(-c3noc([C@@H]4[C@@H](O)CCN4C(=O)OC(C)(C)C)n3)cc2C)cc1. The predicted octanol–water partition coefficient (Wildman–Crippen LogP) is 5.80. The number of unbranched alkanes of at least 4 members (excludes halogenated alkanes) is 1. The van der Waals surface area contributed by atoms with Gasteiger partial charge in [-0.2, -0.15) is 4.98 Å². The van der Waals surface area contributed by atoms with Gasteiger partial charge in [0.1, 0.15) is 17.4 Å². The van der Waals surface area contributed by atoms with Gasteiger partial charge in [-0.15, -0.1) is 0 Å². The maximum absolute atomic E-state index is 12.6. The Morgan fingerprint density at radius 2 is 1.89 bits per heavy atom. The molecule has 4 rings (SSSR count). The van der Waals surface area contributed by atoms with Crippen LogP contribution in [0.1, 0.15) is 68.7 Å². The van der Waals surface area contributed by atoms with Crippen LogP contribution in [0, 0.1) is 13.8 Å². The van der Waals surface area contributed by atoms with Crippen LogP contribution in [-0.2, 0) is 11.2 Å². The van der Waals surface area contributed by atoms with E-state index < -0.39 is 23.8 Å². The molecule has 8 nitrogen and oxygen atoms in total. The van der Waals surface area contributed by atoms with Gasteiger partial charge in [-0.1, -0.05) is 35.0 Å². The van der Waals surface area contributed by atoms with Gasteiger partial charge < -0.3 is 19.1 Å². The van der Waals surface area contributed by atoms with Crippen LogP contribution in [0.25, 0.3) is 11.4 Å². The van der Waals surface area contributed by atoms with E-state index in [1.54, 1.807) is 20.8 Å². The molecule has 1 fully saturated rings. The normalized spacial score (nSPS) is 17.7. The van der Waals surface area contributed by atoms with Crippen molar-refractivity contribution in [2.24, 2.45) is 0 Å². The summed E-state index contributed by atoms with van der Waals surface area (Å²) >= 11 is 0. The molecule has 1 amide bonds. The number of aromatic nitrogens is 2. The van der Waals surface area contributed by atoms with E-state index in [4.69, 9.17) is 14.0 Å². The predicted molar refractivity (Wildman–Crippen MR) is 140 cm³/mol. The Labute approximate surface area is 218 Å². The van der Waals surface area contributed by atoms with Crippen LogP contribution < -0.4 is 4.74 Å². The first-order valence-corrected chi connectivity index (χ1v) is 12.9. The average Bonchev–Trinajstić information content (AvgIpc) is 3.46. The topological polar surface area (TPSA) is 97.9 Å². The quantitative estimate of drug-likeness (QED) is 0.385. The molecule has 1 saturated heterocycles. The summed E-state index contributed by atoms with van der Waals surface area (Å²) in [4.78, 5) is 18.6. The van der Waals surface area contributed by atoms with Crippen molar-refractivity contribution in [1.29, 1.82) is 0 Å². The van der Waals surface area contributed by atoms with Crippen molar-refractivity contribution >= 4 is 6.09 Å². The van der Waals surface area contributed by atoms with Crippen LogP contribution in [0.2, 0.25) is 0 Å². The minimum absolute atomic E-state index is 0.192. The van der Waals surface area contributed by atoms with Crippen molar-refractivity contribution in [2.45, 2.75) is 78.0 Å². The third-order valence-corrected chi connectivity index (χ3v) is 6.36. The van der Waals surface area contributed by atoms with Crippen molar-refractivity contribution in [3.63, 3.8) is 0 Å². The Hall–Kier alpha value is -3.39. The van der Waals surface area contributed by atoms with E-state index in [1.807, 2.05) is 25.1 Å². The summed E-state index contributed by atoms with van der Waals surface area (Å²) < 4.78 is 17.0. The van der Waals surface area contributed by atoms with Crippen LogP contribution in [0.4, 0.5) is 4.79 Å². The number of carbonyl (C=O) groups excluding carboxylic acids is 1. The molecule has 0 spiro atoms. The summed E-state index contributed by atoms with van der Waals surface area (Å²) in [6, 6.07) is 13.7. The maximum atomic E-state index is 12.6. The second-order valence-corrected chi connectivity index (χ2v) is 10.7. The van der Waals surface area contributed by atoms with Crippen molar-refractivity contribution in [3.05, 3.63) is 65.0 Å². The molecule has 198 valence electrons. The summed E-state index contributed by atoms with van der Waals surface area (Å²) in [6.07, 6.45) is 2.19. The van der Waals surface area contributed by atoms with Gasteiger partial charge in [0.25, 0.3) is 5.89 Å². The number of likely N-dealkylation sites (tertiary alicyclic amines) is 1. The first kappa shape index (κ1) is 26.7. The fraction of sp³-hybridized carbons (Fsp3) is 0.483.